The Morgan fingerprint density at radius 2 is 2.19 bits per heavy atom. The van der Waals surface area contributed by atoms with Crippen LogP contribution < -0.4 is 15.4 Å². The third kappa shape index (κ3) is 4.17. The molecule has 6 heteroatoms. The Kier molecular flexibility index (Phi) is 5.09. The van der Waals surface area contributed by atoms with Crippen LogP contribution >= 0.6 is 0 Å². The van der Waals surface area contributed by atoms with E-state index in [0.29, 0.717) is 12.3 Å². The molecule has 2 aromatic rings. The second-order valence-electron chi connectivity index (χ2n) is 4.49. The quantitative estimate of drug-likeness (QED) is 0.882. The standard InChI is InChI=1S/C15H18N4O2/c1-11(13-6-8-16-10-14(13)21-2)19-15(20)18-9-12-5-3-4-7-17-12/h3-8,10-11H,9H2,1-2H3,(H2,18,19,20)/t11-/m0/s1. The molecule has 0 bridgehead atoms. The number of hydrogen-bond donors (Lipinski definition) is 2. The SMILES string of the molecule is COc1cnccc1[C@H](C)NC(=O)NCc1ccccn1. The summed E-state index contributed by atoms with van der Waals surface area (Å²) in [5.74, 6) is 0.648. The number of urea groups is 1. The lowest BCUT2D eigenvalue weighted by Crippen LogP contribution is -2.36. The molecule has 0 unspecified atom stereocenters. The lowest BCUT2D eigenvalue weighted by Gasteiger charge is -2.17. The molecule has 0 saturated carbocycles. The van der Waals surface area contributed by atoms with Crippen LogP contribution in [0, 0.1) is 0 Å². The van der Waals surface area contributed by atoms with Gasteiger partial charge in [0, 0.05) is 18.0 Å². The number of nitrogens with one attached hydrogen (secondary N) is 2. The van der Waals surface area contributed by atoms with Crippen molar-refractivity contribution in [3.05, 3.63) is 54.1 Å². The van der Waals surface area contributed by atoms with E-state index in [4.69, 9.17) is 4.74 Å². The van der Waals surface area contributed by atoms with Crippen molar-refractivity contribution >= 4 is 6.03 Å². The molecular formula is C15H18N4O2. The summed E-state index contributed by atoms with van der Waals surface area (Å²) in [6, 6.07) is 6.95. The third-order valence-electron chi connectivity index (χ3n) is 3.01. The molecule has 21 heavy (non-hydrogen) atoms. The highest BCUT2D eigenvalue weighted by molar-refractivity contribution is 5.74. The van der Waals surface area contributed by atoms with Crippen molar-refractivity contribution in [2.75, 3.05) is 7.11 Å². The number of carbonyl (C=O) groups is 1. The van der Waals surface area contributed by atoms with Gasteiger partial charge in [0.1, 0.15) is 5.75 Å². The van der Waals surface area contributed by atoms with Gasteiger partial charge in [-0.15, -0.1) is 0 Å². The van der Waals surface area contributed by atoms with Gasteiger partial charge in [0.05, 0.1) is 31.6 Å². The third-order valence-corrected chi connectivity index (χ3v) is 3.01. The van der Waals surface area contributed by atoms with Crippen molar-refractivity contribution in [1.82, 2.24) is 20.6 Å². The Hall–Kier alpha value is -2.63. The highest BCUT2D eigenvalue weighted by Gasteiger charge is 2.13. The smallest absolute Gasteiger partial charge is 0.315 e. The van der Waals surface area contributed by atoms with E-state index in [1.54, 1.807) is 25.7 Å². The topological polar surface area (TPSA) is 76.1 Å². The van der Waals surface area contributed by atoms with Gasteiger partial charge >= 0.3 is 6.03 Å². The summed E-state index contributed by atoms with van der Waals surface area (Å²) in [5, 5.41) is 5.62. The fraction of sp³-hybridized carbons (Fsp3) is 0.267. The van der Waals surface area contributed by atoms with Crippen molar-refractivity contribution in [3.8, 4) is 5.75 Å². The monoisotopic (exact) mass is 286 g/mol. The molecule has 2 amide bonds. The summed E-state index contributed by atoms with van der Waals surface area (Å²) in [4.78, 5) is 20.0. The number of amides is 2. The summed E-state index contributed by atoms with van der Waals surface area (Å²) < 4.78 is 5.23. The zero-order valence-electron chi connectivity index (χ0n) is 12.0. The van der Waals surface area contributed by atoms with Crippen LogP contribution in [-0.4, -0.2) is 23.1 Å². The van der Waals surface area contributed by atoms with Crippen LogP contribution in [0.2, 0.25) is 0 Å². The number of nitrogens with zero attached hydrogens (tertiary/aromatic N) is 2. The molecule has 1 atom stereocenters. The minimum Gasteiger partial charge on any atom is -0.495 e. The molecule has 0 radical (unpaired) electrons. The first-order chi connectivity index (χ1) is 10.2. The van der Waals surface area contributed by atoms with E-state index >= 15 is 0 Å². The maximum absolute atomic E-state index is 11.9. The van der Waals surface area contributed by atoms with Gasteiger partial charge in [0.2, 0.25) is 0 Å². The summed E-state index contributed by atoms with van der Waals surface area (Å²) in [5.41, 5.74) is 1.68. The Morgan fingerprint density at radius 1 is 1.33 bits per heavy atom. The zero-order valence-corrected chi connectivity index (χ0v) is 12.0. The minimum atomic E-state index is -0.257. The fourth-order valence-corrected chi connectivity index (χ4v) is 1.92. The molecule has 0 aliphatic heterocycles. The molecule has 0 fully saturated rings. The van der Waals surface area contributed by atoms with Gasteiger partial charge in [0.15, 0.2) is 0 Å². The first-order valence-electron chi connectivity index (χ1n) is 6.63. The van der Waals surface area contributed by atoms with E-state index in [1.165, 1.54) is 0 Å². The molecule has 2 N–H and O–H groups in total. The van der Waals surface area contributed by atoms with E-state index in [1.807, 2.05) is 31.2 Å². The Balaban J connectivity index is 1.90. The predicted molar refractivity (Wildman–Crippen MR) is 78.8 cm³/mol. The number of methoxy groups -OCH3 is 1. The van der Waals surface area contributed by atoms with E-state index in [-0.39, 0.29) is 12.1 Å². The van der Waals surface area contributed by atoms with Crippen LogP contribution in [0.25, 0.3) is 0 Å². The van der Waals surface area contributed by atoms with Gasteiger partial charge in [-0.25, -0.2) is 4.79 Å². The normalized spacial score (nSPS) is 11.5. The molecule has 2 rings (SSSR count). The number of rotatable bonds is 5. The summed E-state index contributed by atoms with van der Waals surface area (Å²) in [6.07, 6.45) is 4.99. The number of aromatic nitrogens is 2. The fourth-order valence-electron chi connectivity index (χ4n) is 1.92. The maximum Gasteiger partial charge on any atom is 0.315 e. The van der Waals surface area contributed by atoms with Crippen molar-refractivity contribution in [3.63, 3.8) is 0 Å². The summed E-state index contributed by atoms with van der Waals surface area (Å²) in [6.45, 7) is 2.27. The van der Waals surface area contributed by atoms with Gasteiger partial charge in [-0.3, -0.25) is 9.97 Å². The first-order valence-corrected chi connectivity index (χ1v) is 6.63. The molecule has 0 spiro atoms. The number of carbonyl (C=O) groups excluding carboxylic acids is 1. The molecule has 0 aliphatic carbocycles. The molecule has 2 aromatic heterocycles. The Bertz CT molecular complexity index is 589. The van der Waals surface area contributed by atoms with Gasteiger partial charge in [0.25, 0.3) is 0 Å². The van der Waals surface area contributed by atoms with Crippen LogP contribution in [0.1, 0.15) is 24.2 Å². The highest BCUT2D eigenvalue weighted by Crippen LogP contribution is 2.22. The second-order valence-corrected chi connectivity index (χ2v) is 4.49. The maximum atomic E-state index is 11.9. The van der Waals surface area contributed by atoms with Crippen LogP contribution in [0.4, 0.5) is 4.79 Å². The van der Waals surface area contributed by atoms with E-state index in [9.17, 15) is 4.79 Å². The molecular weight excluding hydrogens is 268 g/mol. The molecule has 0 aromatic carbocycles. The van der Waals surface area contributed by atoms with Crippen molar-refractivity contribution in [2.24, 2.45) is 0 Å². The van der Waals surface area contributed by atoms with E-state index < -0.39 is 0 Å². The Labute approximate surface area is 123 Å². The highest BCUT2D eigenvalue weighted by atomic mass is 16.5. The Morgan fingerprint density at radius 3 is 2.90 bits per heavy atom. The summed E-state index contributed by atoms with van der Waals surface area (Å²) >= 11 is 0. The average molecular weight is 286 g/mol. The lowest BCUT2D eigenvalue weighted by atomic mass is 10.1. The predicted octanol–water partition coefficient (Wildman–Crippen LogP) is 2.05. The molecule has 2 heterocycles. The van der Waals surface area contributed by atoms with Crippen LogP contribution in [0.3, 0.4) is 0 Å². The largest absolute Gasteiger partial charge is 0.495 e. The first kappa shape index (κ1) is 14.8. The van der Waals surface area contributed by atoms with Crippen molar-refractivity contribution < 1.29 is 9.53 Å². The number of pyridine rings is 2. The summed E-state index contributed by atoms with van der Waals surface area (Å²) in [7, 11) is 1.58. The van der Waals surface area contributed by atoms with E-state index in [2.05, 4.69) is 20.6 Å². The van der Waals surface area contributed by atoms with Crippen molar-refractivity contribution in [1.29, 1.82) is 0 Å². The second kappa shape index (κ2) is 7.23. The van der Waals surface area contributed by atoms with Crippen LogP contribution in [0.15, 0.2) is 42.9 Å². The molecule has 0 aliphatic rings. The van der Waals surface area contributed by atoms with Gasteiger partial charge in [-0.2, -0.15) is 0 Å². The number of ether oxygens (including phenoxy) is 1. The van der Waals surface area contributed by atoms with Crippen LogP contribution in [0.5, 0.6) is 5.75 Å². The van der Waals surface area contributed by atoms with E-state index in [0.717, 1.165) is 11.3 Å². The molecule has 0 saturated heterocycles. The molecule has 6 nitrogen and oxygen atoms in total. The lowest BCUT2D eigenvalue weighted by molar-refractivity contribution is 0.237. The molecule has 110 valence electrons. The van der Waals surface area contributed by atoms with Gasteiger partial charge < -0.3 is 15.4 Å². The average Bonchev–Trinajstić information content (AvgIpc) is 2.53. The van der Waals surface area contributed by atoms with Gasteiger partial charge in [-0.05, 0) is 25.1 Å². The zero-order chi connectivity index (χ0) is 15.1. The van der Waals surface area contributed by atoms with Gasteiger partial charge in [-0.1, -0.05) is 6.07 Å². The van der Waals surface area contributed by atoms with Crippen LogP contribution in [-0.2, 0) is 6.54 Å². The van der Waals surface area contributed by atoms with Crippen molar-refractivity contribution in [2.45, 2.75) is 19.5 Å². The number of hydrogen-bond acceptors (Lipinski definition) is 4. The minimum absolute atomic E-state index is 0.188.